The van der Waals surface area contributed by atoms with Crippen molar-refractivity contribution >= 4 is 12.4 Å². The van der Waals surface area contributed by atoms with Gasteiger partial charge < -0.3 is 20.4 Å². The van der Waals surface area contributed by atoms with Crippen LogP contribution in [-0.2, 0) is 17.1 Å². The Bertz CT molecular complexity index is 657. The second-order valence-corrected chi connectivity index (χ2v) is 5.76. The van der Waals surface area contributed by atoms with Crippen molar-refractivity contribution in [3.8, 4) is 11.5 Å². The molecule has 0 aliphatic rings. The molecule has 0 bridgehead atoms. The van der Waals surface area contributed by atoms with Crippen LogP contribution in [0.2, 0.25) is 0 Å². The fourth-order valence-electron chi connectivity index (χ4n) is 1.78. The van der Waals surface area contributed by atoms with Gasteiger partial charge in [-0.05, 0) is 25.0 Å². The van der Waals surface area contributed by atoms with Crippen molar-refractivity contribution in [1.82, 2.24) is 0 Å². The van der Waals surface area contributed by atoms with Crippen LogP contribution in [0.1, 0.15) is 25.0 Å². The molecule has 2 aromatic carbocycles. The molecule has 2 unspecified atom stereocenters. The number of nitrogens with zero attached hydrogens (tertiary/aromatic N) is 2. The van der Waals surface area contributed by atoms with Gasteiger partial charge in [0.25, 0.3) is 0 Å². The third-order valence-electron chi connectivity index (χ3n) is 3.04. The summed E-state index contributed by atoms with van der Waals surface area (Å²) in [5.41, 5.74) is 1.12. The Labute approximate surface area is 170 Å². The summed E-state index contributed by atoms with van der Waals surface area (Å²) in [5.74, 6) is -0.0892. The predicted octanol–water partition coefficient (Wildman–Crippen LogP) is 1.12. The molecule has 0 amide bonds. The van der Waals surface area contributed by atoms with E-state index in [0.29, 0.717) is 24.2 Å². The summed E-state index contributed by atoms with van der Waals surface area (Å²) >= 11 is 0. The summed E-state index contributed by atoms with van der Waals surface area (Å²) in [4.78, 5) is 7.85. The van der Waals surface area contributed by atoms with Crippen molar-refractivity contribution in [2.24, 2.45) is 9.98 Å². The number of aliphatic hydroxyl groups excluding tert-OH is 2. The third kappa shape index (κ3) is 11.2. The van der Waals surface area contributed by atoms with Crippen molar-refractivity contribution in [1.29, 1.82) is 0 Å². The zero-order chi connectivity index (χ0) is 19.4. The average molecular weight is 420 g/mol. The molecule has 2 rings (SSSR count). The second-order valence-electron chi connectivity index (χ2n) is 5.76. The van der Waals surface area contributed by atoms with Crippen LogP contribution in [0.3, 0.4) is 0 Å². The minimum absolute atomic E-state index is 0. The molecule has 0 saturated carbocycles. The van der Waals surface area contributed by atoms with Crippen LogP contribution >= 0.6 is 0 Å². The topological polar surface area (TPSA) is 111 Å². The predicted molar refractivity (Wildman–Crippen MR) is 100 cm³/mol. The maximum absolute atomic E-state index is 11.1. The molecule has 0 heterocycles. The summed E-state index contributed by atoms with van der Waals surface area (Å²) in [7, 11) is 0. The van der Waals surface area contributed by atoms with Crippen LogP contribution in [0.5, 0.6) is 11.5 Å². The van der Waals surface area contributed by atoms with E-state index in [9.17, 15) is 10.2 Å². The molecule has 7 heteroatoms. The van der Waals surface area contributed by atoms with E-state index >= 15 is 0 Å². The molecule has 149 valence electrons. The summed E-state index contributed by atoms with van der Waals surface area (Å²) < 4.78 is 0. The molecule has 2 atom stereocenters. The fourth-order valence-corrected chi connectivity index (χ4v) is 1.78. The number of benzene rings is 2. The number of hydrogen-bond donors (Lipinski definition) is 2. The SMILES string of the molecule is CC(O)CN=Cc1ccccc1[O-].CC(O)CN=Cc1ccccc1[O-].[Cu+2]. The van der Waals surface area contributed by atoms with Gasteiger partial charge in [0.15, 0.2) is 0 Å². The Morgan fingerprint density at radius 1 is 0.778 bits per heavy atom. The molecule has 2 N–H and O–H groups in total. The van der Waals surface area contributed by atoms with Crippen LogP contribution in [0.4, 0.5) is 0 Å². The van der Waals surface area contributed by atoms with E-state index in [1.807, 2.05) is 0 Å². The molecule has 0 saturated heterocycles. The van der Waals surface area contributed by atoms with Gasteiger partial charge in [0.2, 0.25) is 0 Å². The molecule has 6 nitrogen and oxygen atoms in total. The van der Waals surface area contributed by atoms with Crippen LogP contribution in [0, 0.1) is 0 Å². The number of aliphatic hydroxyl groups is 2. The zero-order valence-corrected chi connectivity index (χ0v) is 16.2. The Hall–Kier alpha value is -2.18. The number of para-hydroxylation sites is 2. The smallest absolute Gasteiger partial charge is 0.872 e. The number of aliphatic imine (C=N–C) groups is 2. The van der Waals surface area contributed by atoms with Gasteiger partial charge in [0.1, 0.15) is 0 Å². The van der Waals surface area contributed by atoms with E-state index in [2.05, 4.69) is 9.98 Å². The minimum Gasteiger partial charge on any atom is -0.872 e. The first-order valence-electron chi connectivity index (χ1n) is 8.28. The second kappa shape index (κ2) is 13.9. The van der Waals surface area contributed by atoms with Gasteiger partial charge in [-0.3, -0.25) is 9.98 Å². The van der Waals surface area contributed by atoms with Gasteiger partial charge in [0, 0.05) is 12.4 Å². The number of rotatable bonds is 6. The standard InChI is InChI=1S/2C10H13NO2.Cu/c2*1-8(12)6-11-7-9-4-2-3-5-10(9)13;/h2*2-5,7-8,12-13H,6H2,1H3;/q;;+2/p-2. The van der Waals surface area contributed by atoms with Crippen molar-refractivity contribution in [3.05, 3.63) is 59.7 Å². The Balaban J connectivity index is 0.000000483. The fraction of sp³-hybridized carbons (Fsp3) is 0.300. The molecular formula is C20H24CuN2O4. The first-order valence-corrected chi connectivity index (χ1v) is 8.28. The van der Waals surface area contributed by atoms with Crippen LogP contribution in [0.15, 0.2) is 58.5 Å². The largest absolute Gasteiger partial charge is 2.00 e. The minimum atomic E-state index is -0.463. The summed E-state index contributed by atoms with van der Waals surface area (Å²) in [6.45, 7) is 3.96. The molecule has 0 aliphatic carbocycles. The third-order valence-corrected chi connectivity index (χ3v) is 3.04. The van der Waals surface area contributed by atoms with E-state index in [1.165, 1.54) is 24.6 Å². The van der Waals surface area contributed by atoms with Crippen molar-refractivity contribution in [2.45, 2.75) is 26.1 Å². The maximum Gasteiger partial charge on any atom is 2.00 e. The normalized spacial score (nSPS) is 12.9. The van der Waals surface area contributed by atoms with Gasteiger partial charge >= 0.3 is 17.1 Å². The van der Waals surface area contributed by atoms with Gasteiger partial charge in [-0.2, -0.15) is 0 Å². The van der Waals surface area contributed by atoms with E-state index in [1.54, 1.807) is 50.2 Å². The van der Waals surface area contributed by atoms with E-state index in [4.69, 9.17) is 10.2 Å². The molecule has 0 aromatic heterocycles. The van der Waals surface area contributed by atoms with E-state index in [0.717, 1.165) is 0 Å². The molecule has 2 aromatic rings. The van der Waals surface area contributed by atoms with Crippen molar-refractivity contribution < 1.29 is 37.5 Å². The first-order chi connectivity index (χ1) is 12.4. The summed E-state index contributed by atoms with van der Waals surface area (Å²) in [6.07, 6.45) is 2.06. The molecule has 1 radical (unpaired) electrons. The Kier molecular flexibility index (Phi) is 12.8. The summed E-state index contributed by atoms with van der Waals surface area (Å²) in [5, 5.41) is 40.1. The molecule has 0 fully saturated rings. The van der Waals surface area contributed by atoms with Gasteiger partial charge in [-0.25, -0.2) is 0 Å². The van der Waals surface area contributed by atoms with E-state index in [-0.39, 0.29) is 28.6 Å². The summed E-state index contributed by atoms with van der Waals surface area (Å²) in [6, 6.07) is 13.3. The molecular weight excluding hydrogens is 396 g/mol. The maximum atomic E-state index is 11.1. The number of hydrogen-bond acceptors (Lipinski definition) is 6. The monoisotopic (exact) mass is 419 g/mol. The van der Waals surface area contributed by atoms with Gasteiger partial charge in [-0.15, -0.1) is 11.5 Å². The van der Waals surface area contributed by atoms with Crippen LogP contribution in [-0.4, -0.2) is 47.9 Å². The van der Waals surface area contributed by atoms with Crippen LogP contribution < -0.4 is 10.2 Å². The van der Waals surface area contributed by atoms with Gasteiger partial charge in [0.05, 0.1) is 25.3 Å². The Morgan fingerprint density at radius 2 is 1.11 bits per heavy atom. The Morgan fingerprint density at radius 3 is 1.41 bits per heavy atom. The van der Waals surface area contributed by atoms with Crippen LogP contribution in [0.25, 0.3) is 0 Å². The zero-order valence-electron chi connectivity index (χ0n) is 15.2. The average Bonchev–Trinajstić information content (AvgIpc) is 2.58. The van der Waals surface area contributed by atoms with Crippen molar-refractivity contribution in [3.63, 3.8) is 0 Å². The molecule has 0 spiro atoms. The van der Waals surface area contributed by atoms with Gasteiger partial charge in [-0.1, -0.05) is 48.5 Å². The molecule has 0 aliphatic heterocycles. The van der Waals surface area contributed by atoms with Crippen molar-refractivity contribution in [2.75, 3.05) is 13.1 Å². The first kappa shape index (κ1) is 24.8. The quantitative estimate of drug-likeness (QED) is 0.539. The molecule has 27 heavy (non-hydrogen) atoms. The van der Waals surface area contributed by atoms with E-state index < -0.39 is 12.2 Å².